The summed E-state index contributed by atoms with van der Waals surface area (Å²) in [6.07, 6.45) is 1.74. The average molecular weight is 429 g/mol. The van der Waals surface area contributed by atoms with Crippen molar-refractivity contribution in [3.05, 3.63) is 59.9 Å². The molecular weight excluding hydrogens is 400 g/mol. The van der Waals surface area contributed by atoms with Gasteiger partial charge in [0, 0.05) is 6.42 Å². The zero-order chi connectivity index (χ0) is 21.7. The normalized spacial score (nSPS) is 13.8. The zero-order valence-corrected chi connectivity index (χ0v) is 18.3. The van der Waals surface area contributed by atoms with Gasteiger partial charge in [0.1, 0.15) is 5.82 Å². The summed E-state index contributed by atoms with van der Waals surface area (Å²) in [5.74, 6) is 0.925. The summed E-state index contributed by atoms with van der Waals surface area (Å²) >= 11 is 0. The van der Waals surface area contributed by atoms with E-state index in [9.17, 15) is 13.2 Å². The van der Waals surface area contributed by atoms with Gasteiger partial charge < -0.3 is 10.3 Å². The predicted molar refractivity (Wildman–Crippen MR) is 117 cm³/mol. The Hall–Kier alpha value is -2.71. The highest BCUT2D eigenvalue weighted by Gasteiger charge is 2.23. The van der Waals surface area contributed by atoms with E-state index in [4.69, 9.17) is 0 Å². The summed E-state index contributed by atoms with van der Waals surface area (Å²) in [5, 5.41) is 3.12. The van der Waals surface area contributed by atoms with E-state index in [1.165, 1.54) is 7.05 Å². The number of aryl methyl sites for hydroxylation is 1. The lowest BCUT2D eigenvalue weighted by molar-refractivity contribution is -0.122. The third-order valence-electron chi connectivity index (χ3n) is 5.37. The topological polar surface area (TPSA) is 104 Å². The third-order valence-corrected chi connectivity index (χ3v) is 6.81. The Morgan fingerprint density at radius 3 is 2.47 bits per heavy atom. The van der Waals surface area contributed by atoms with Gasteiger partial charge in [0.2, 0.25) is 15.9 Å². The first kappa shape index (κ1) is 22.0. The first-order chi connectivity index (χ1) is 14.3. The number of imidazole rings is 1. The van der Waals surface area contributed by atoms with Gasteiger partial charge in [0.15, 0.2) is 0 Å². The molecule has 0 aliphatic rings. The number of benzene rings is 2. The first-order valence-corrected chi connectivity index (χ1v) is 11.6. The molecule has 8 heteroatoms. The molecule has 0 radical (unpaired) electrons. The Bertz CT molecular complexity index is 1070. The number of aromatic amines is 1. The Morgan fingerprint density at radius 1 is 1.13 bits per heavy atom. The standard InChI is InChI=1S/C22H28N4O3S/c1-4-15(2)21(22-24-18-7-5-6-8-19(18)25-22)26-20(27)14-11-16-9-12-17(13-10-16)30(28,29)23-3/h5-10,12-13,15,21,23H,4,11,14H2,1-3H3,(H,24,25)(H,26,27). The maximum atomic E-state index is 12.6. The average Bonchev–Trinajstić information content (AvgIpc) is 3.19. The quantitative estimate of drug-likeness (QED) is 0.486. The minimum absolute atomic E-state index is 0.0623. The third kappa shape index (κ3) is 5.06. The van der Waals surface area contributed by atoms with E-state index in [-0.39, 0.29) is 22.8 Å². The molecule has 30 heavy (non-hydrogen) atoms. The molecule has 3 rings (SSSR count). The van der Waals surface area contributed by atoms with Gasteiger partial charge in [0.25, 0.3) is 0 Å². The Kier molecular flexibility index (Phi) is 6.89. The van der Waals surface area contributed by atoms with Crippen LogP contribution in [0, 0.1) is 5.92 Å². The summed E-state index contributed by atoms with van der Waals surface area (Å²) in [7, 11) is -2.08. The van der Waals surface area contributed by atoms with Crippen LogP contribution in [0.1, 0.15) is 44.1 Å². The number of hydrogen-bond acceptors (Lipinski definition) is 4. The molecule has 2 aromatic carbocycles. The van der Waals surface area contributed by atoms with Gasteiger partial charge in [0.05, 0.1) is 22.0 Å². The van der Waals surface area contributed by atoms with Crippen LogP contribution >= 0.6 is 0 Å². The van der Waals surface area contributed by atoms with Crippen molar-refractivity contribution in [1.82, 2.24) is 20.0 Å². The summed E-state index contributed by atoms with van der Waals surface area (Å²) in [4.78, 5) is 20.8. The molecule has 3 N–H and O–H groups in total. The van der Waals surface area contributed by atoms with E-state index in [2.05, 4.69) is 33.9 Å². The van der Waals surface area contributed by atoms with Gasteiger partial charge in [-0.25, -0.2) is 18.1 Å². The van der Waals surface area contributed by atoms with E-state index >= 15 is 0 Å². The van der Waals surface area contributed by atoms with Crippen LogP contribution in [0.2, 0.25) is 0 Å². The highest BCUT2D eigenvalue weighted by molar-refractivity contribution is 7.89. The molecule has 0 aliphatic carbocycles. The summed E-state index contributed by atoms with van der Waals surface area (Å²) < 4.78 is 25.9. The lowest BCUT2D eigenvalue weighted by Crippen LogP contribution is -2.33. The minimum atomic E-state index is -3.46. The Labute approximate surface area is 177 Å². The molecule has 2 atom stereocenters. The van der Waals surface area contributed by atoms with Crippen LogP contribution in [0.5, 0.6) is 0 Å². The lowest BCUT2D eigenvalue weighted by atomic mass is 9.98. The maximum absolute atomic E-state index is 12.6. The number of hydrogen-bond donors (Lipinski definition) is 3. The second kappa shape index (κ2) is 9.40. The van der Waals surface area contributed by atoms with E-state index in [1.54, 1.807) is 24.3 Å². The molecule has 0 spiro atoms. The van der Waals surface area contributed by atoms with Crippen molar-refractivity contribution in [3.8, 4) is 0 Å². The molecule has 2 unspecified atom stereocenters. The van der Waals surface area contributed by atoms with E-state index in [0.29, 0.717) is 12.8 Å². The number of sulfonamides is 1. The molecule has 0 saturated carbocycles. The molecule has 0 saturated heterocycles. The van der Waals surface area contributed by atoms with Gasteiger partial charge in [-0.3, -0.25) is 4.79 Å². The number of aromatic nitrogens is 2. The number of nitrogens with zero attached hydrogens (tertiary/aromatic N) is 1. The molecule has 0 fully saturated rings. The van der Waals surface area contributed by atoms with Crippen LogP contribution in [-0.2, 0) is 21.2 Å². The van der Waals surface area contributed by atoms with Gasteiger partial charge in [-0.2, -0.15) is 0 Å². The van der Waals surface area contributed by atoms with E-state index in [1.807, 2.05) is 24.3 Å². The highest BCUT2D eigenvalue weighted by atomic mass is 32.2. The highest BCUT2D eigenvalue weighted by Crippen LogP contribution is 2.25. The Balaban J connectivity index is 1.66. The van der Waals surface area contributed by atoms with Crippen LogP contribution < -0.4 is 10.0 Å². The number of carbonyl (C=O) groups excluding carboxylic acids is 1. The van der Waals surface area contributed by atoms with Gasteiger partial charge >= 0.3 is 0 Å². The van der Waals surface area contributed by atoms with Crippen LogP contribution in [0.15, 0.2) is 53.4 Å². The number of fused-ring (bicyclic) bond motifs is 1. The van der Waals surface area contributed by atoms with Gasteiger partial charge in [-0.05, 0) is 49.2 Å². The minimum Gasteiger partial charge on any atom is -0.346 e. The molecule has 1 aromatic heterocycles. The van der Waals surface area contributed by atoms with Crippen LogP contribution in [0.4, 0.5) is 0 Å². The second-order valence-corrected chi connectivity index (χ2v) is 9.31. The first-order valence-electron chi connectivity index (χ1n) is 10.1. The number of amides is 1. The number of H-pyrrole nitrogens is 1. The van der Waals surface area contributed by atoms with Crippen molar-refractivity contribution in [2.75, 3.05) is 7.05 Å². The van der Waals surface area contributed by atoms with Gasteiger partial charge in [-0.1, -0.05) is 44.5 Å². The Morgan fingerprint density at radius 2 is 1.83 bits per heavy atom. The SMILES string of the molecule is CCC(C)C(NC(=O)CCc1ccc(S(=O)(=O)NC)cc1)c1nc2ccccc2[nH]1. The van der Waals surface area contributed by atoms with Gasteiger partial charge in [-0.15, -0.1) is 0 Å². The smallest absolute Gasteiger partial charge is 0.240 e. The maximum Gasteiger partial charge on any atom is 0.240 e. The molecule has 1 amide bonds. The van der Waals surface area contributed by atoms with Crippen LogP contribution in [-0.4, -0.2) is 31.3 Å². The number of nitrogens with one attached hydrogen (secondary N) is 3. The van der Waals surface area contributed by atoms with Crippen molar-refractivity contribution in [2.45, 2.75) is 44.0 Å². The molecule has 0 aliphatic heterocycles. The molecular formula is C22H28N4O3S. The number of para-hydroxylation sites is 2. The molecule has 160 valence electrons. The number of carbonyl (C=O) groups is 1. The summed E-state index contributed by atoms with van der Waals surface area (Å²) in [6.45, 7) is 4.19. The fourth-order valence-corrected chi connectivity index (χ4v) is 4.02. The van der Waals surface area contributed by atoms with Crippen molar-refractivity contribution in [2.24, 2.45) is 5.92 Å². The predicted octanol–water partition coefficient (Wildman–Crippen LogP) is 3.31. The van der Waals surface area contributed by atoms with E-state index in [0.717, 1.165) is 28.8 Å². The van der Waals surface area contributed by atoms with Crippen molar-refractivity contribution >= 4 is 27.0 Å². The van der Waals surface area contributed by atoms with Crippen molar-refractivity contribution in [3.63, 3.8) is 0 Å². The summed E-state index contributed by atoms with van der Waals surface area (Å²) in [6, 6.07) is 14.2. The molecule has 7 nitrogen and oxygen atoms in total. The molecule has 0 bridgehead atoms. The second-order valence-electron chi connectivity index (χ2n) is 7.42. The molecule has 3 aromatic rings. The lowest BCUT2D eigenvalue weighted by Gasteiger charge is -2.22. The monoisotopic (exact) mass is 428 g/mol. The summed E-state index contributed by atoms with van der Waals surface area (Å²) in [5.41, 5.74) is 2.74. The zero-order valence-electron chi connectivity index (χ0n) is 17.5. The fourth-order valence-electron chi connectivity index (χ4n) is 3.29. The largest absolute Gasteiger partial charge is 0.346 e. The van der Waals surface area contributed by atoms with Crippen LogP contribution in [0.3, 0.4) is 0 Å². The van der Waals surface area contributed by atoms with E-state index < -0.39 is 10.0 Å². The number of rotatable bonds is 9. The fraction of sp³-hybridized carbons (Fsp3) is 0.364. The molecule has 1 heterocycles. The van der Waals surface area contributed by atoms with Crippen LogP contribution in [0.25, 0.3) is 11.0 Å². The van der Waals surface area contributed by atoms with Crippen molar-refractivity contribution in [1.29, 1.82) is 0 Å². The van der Waals surface area contributed by atoms with Crippen molar-refractivity contribution < 1.29 is 13.2 Å².